The molecule has 2 N–H and O–H groups in total. The second kappa shape index (κ2) is 6.64. The zero-order valence-electron chi connectivity index (χ0n) is 11.5. The van der Waals surface area contributed by atoms with Crippen LogP contribution in [0.3, 0.4) is 0 Å². The van der Waals surface area contributed by atoms with Crippen LogP contribution in [-0.4, -0.2) is 29.0 Å². The van der Waals surface area contributed by atoms with Crippen molar-refractivity contribution >= 4 is 11.3 Å². The fourth-order valence-corrected chi connectivity index (χ4v) is 3.93. The number of nitrogens with two attached hydrogens (primary N) is 1. The highest BCUT2D eigenvalue weighted by atomic mass is 32.1. The van der Waals surface area contributed by atoms with Gasteiger partial charge in [0.25, 0.3) is 0 Å². The lowest BCUT2D eigenvalue weighted by molar-refractivity contribution is 0.0755. The van der Waals surface area contributed by atoms with Gasteiger partial charge in [-0.1, -0.05) is 19.8 Å². The van der Waals surface area contributed by atoms with E-state index >= 15 is 0 Å². The Morgan fingerprint density at radius 3 is 2.89 bits per heavy atom. The van der Waals surface area contributed by atoms with Gasteiger partial charge in [-0.25, -0.2) is 4.98 Å². The van der Waals surface area contributed by atoms with E-state index in [1.54, 1.807) is 11.3 Å². The third-order valence-corrected chi connectivity index (χ3v) is 4.94. The van der Waals surface area contributed by atoms with Crippen molar-refractivity contribution in [2.75, 3.05) is 13.1 Å². The quantitative estimate of drug-likeness (QED) is 0.891. The molecule has 3 atom stereocenters. The summed E-state index contributed by atoms with van der Waals surface area (Å²) in [6.45, 7) is 6.44. The monoisotopic (exact) mass is 267 g/mol. The first-order valence-electron chi connectivity index (χ1n) is 7.11. The van der Waals surface area contributed by atoms with Crippen LogP contribution in [0.15, 0.2) is 10.9 Å². The summed E-state index contributed by atoms with van der Waals surface area (Å²) in [7, 11) is 0. The largest absolute Gasteiger partial charge is 0.330 e. The van der Waals surface area contributed by atoms with E-state index < -0.39 is 0 Å². The Balaban J connectivity index is 2.11. The van der Waals surface area contributed by atoms with Gasteiger partial charge in [0.05, 0.1) is 17.2 Å². The maximum Gasteiger partial charge on any atom is 0.0795 e. The lowest BCUT2D eigenvalue weighted by Crippen LogP contribution is -2.46. The number of rotatable bonds is 5. The predicted molar refractivity (Wildman–Crippen MR) is 77.7 cm³/mol. The van der Waals surface area contributed by atoms with Crippen molar-refractivity contribution in [1.82, 2.24) is 9.88 Å². The molecule has 1 aliphatic rings. The van der Waals surface area contributed by atoms with Crippen molar-refractivity contribution in [1.29, 1.82) is 0 Å². The van der Waals surface area contributed by atoms with Gasteiger partial charge in [0, 0.05) is 11.4 Å². The molecule has 0 aromatic carbocycles. The zero-order valence-corrected chi connectivity index (χ0v) is 12.3. The van der Waals surface area contributed by atoms with Crippen LogP contribution in [0.4, 0.5) is 0 Å². The second-order valence-electron chi connectivity index (χ2n) is 5.27. The molecular formula is C14H25N3S. The van der Waals surface area contributed by atoms with Crippen LogP contribution in [-0.2, 0) is 0 Å². The topological polar surface area (TPSA) is 42.2 Å². The normalized spacial score (nSPS) is 26.4. The molecule has 3 unspecified atom stereocenters. The van der Waals surface area contributed by atoms with Crippen molar-refractivity contribution < 1.29 is 0 Å². The summed E-state index contributed by atoms with van der Waals surface area (Å²) in [6, 6.07) is 1.06. The Bertz CT molecular complexity index is 339. The van der Waals surface area contributed by atoms with Gasteiger partial charge in [-0.2, -0.15) is 0 Å². The van der Waals surface area contributed by atoms with Crippen LogP contribution in [0.5, 0.6) is 0 Å². The van der Waals surface area contributed by atoms with Gasteiger partial charge in [0.15, 0.2) is 0 Å². The van der Waals surface area contributed by atoms with Crippen LogP contribution >= 0.6 is 11.3 Å². The summed E-state index contributed by atoms with van der Waals surface area (Å²) < 4.78 is 0. The fourth-order valence-electron chi connectivity index (χ4n) is 3.29. The number of hydrogen-bond acceptors (Lipinski definition) is 4. The molecule has 0 bridgehead atoms. The van der Waals surface area contributed by atoms with Crippen LogP contribution in [0.25, 0.3) is 0 Å². The van der Waals surface area contributed by atoms with Gasteiger partial charge in [-0.05, 0) is 38.8 Å². The van der Waals surface area contributed by atoms with Crippen molar-refractivity contribution in [2.24, 2.45) is 11.7 Å². The molecule has 0 amide bonds. The lowest BCUT2D eigenvalue weighted by Gasteiger charge is -2.42. The van der Waals surface area contributed by atoms with Gasteiger partial charge in [-0.15, -0.1) is 11.3 Å². The molecule has 0 saturated heterocycles. The number of hydrogen-bond donors (Lipinski definition) is 1. The van der Waals surface area contributed by atoms with E-state index in [1.807, 2.05) is 5.51 Å². The standard InChI is InChI=1S/C14H25N3S/c1-3-17(11(2)13-9-18-10-16-13)14-7-5-4-6-12(14)8-15/h9-12,14H,3-8,15H2,1-2H3. The Hall–Kier alpha value is -0.450. The summed E-state index contributed by atoms with van der Waals surface area (Å²) in [6.07, 6.45) is 5.29. The Morgan fingerprint density at radius 2 is 2.28 bits per heavy atom. The highest BCUT2D eigenvalue weighted by Gasteiger charge is 2.31. The van der Waals surface area contributed by atoms with E-state index in [1.165, 1.54) is 31.4 Å². The van der Waals surface area contributed by atoms with E-state index in [4.69, 9.17) is 5.73 Å². The first-order chi connectivity index (χ1) is 8.77. The summed E-state index contributed by atoms with van der Waals surface area (Å²) in [5, 5.41) is 2.17. The average molecular weight is 267 g/mol. The minimum atomic E-state index is 0.415. The molecular weight excluding hydrogens is 242 g/mol. The van der Waals surface area contributed by atoms with Crippen LogP contribution in [0.1, 0.15) is 51.3 Å². The molecule has 0 radical (unpaired) electrons. The SMILES string of the molecule is CCN(C(C)c1cscn1)C1CCCCC1CN. The highest BCUT2D eigenvalue weighted by Crippen LogP contribution is 2.32. The molecule has 1 fully saturated rings. The average Bonchev–Trinajstić information content (AvgIpc) is 2.94. The number of thiazole rings is 1. The molecule has 102 valence electrons. The van der Waals surface area contributed by atoms with Crippen LogP contribution in [0.2, 0.25) is 0 Å². The summed E-state index contributed by atoms with van der Waals surface area (Å²) >= 11 is 1.69. The molecule has 1 saturated carbocycles. The van der Waals surface area contributed by atoms with E-state index in [2.05, 4.69) is 29.1 Å². The van der Waals surface area contributed by atoms with Crippen molar-refractivity contribution in [3.8, 4) is 0 Å². The first-order valence-corrected chi connectivity index (χ1v) is 8.06. The third kappa shape index (κ3) is 2.92. The summed E-state index contributed by atoms with van der Waals surface area (Å²) in [5.41, 5.74) is 9.11. The van der Waals surface area contributed by atoms with E-state index in [9.17, 15) is 0 Å². The predicted octanol–water partition coefficient (Wildman–Crippen LogP) is 3.04. The van der Waals surface area contributed by atoms with Gasteiger partial charge in [0.2, 0.25) is 0 Å². The maximum atomic E-state index is 5.96. The van der Waals surface area contributed by atoms with Gasteiger partial charge < -0.3 is 5.73 Å². The molecule has 3 nitrogen and oxygen atoms in total. The van der Waals surface area contributed by atoms with Crippen molar-refractivity contribution in [3.63, 3.8) is 0 Å². The third-order valence-electron chi connectivity index (χ3n) is 4.34. The van der Waals surface area contributed by atoms with E-state index in [-0.39, 0.29) is 0 Å². The molecule has 4 heteroatoms. The second-order valence-corrected chi connectivity index (χ2v) is 5.99. The minimum Gasteiger partial charge on any atom is -0.330 e. The van der Waals surface area contributed by atoms with Crippen LogP contribution in [0, 0.1) is 5.92 Å². The zero-order chi connectivity index (χ0) is 13.0. The van der Waals surface area contributed by atoms with Crippen LogP contribution < -0.4 is 5.73 Å². The summed E-state index contributed by atoms with van der Waals surface area (Å²) in [4.78, 5) is 7.08. The molecule has 1 aromatic heterocycles. The molecule has 1 heterocycles. The molecule has 0 aliphatic heterocycles. The highest BCUT2D eigenvalue weighted by molar-refractivity contribution is 7.07. The van der Waals surface area contributed by atoms with Gasteiger partial charge in [-0.3, -0.25) is 4.90 Å². The maximum absolute atomic E-state index is 5.96. The Kier molecular flexibility index (Phi) is 5.15. The molecule has 18 heavy (non-hydrogen) atoms. The van der Waals surface area contributed by atoms with E-state index in [0.29, 0.717) is 18.0 Å². The molecule has 2 rings (SSSR count). The number of aromatic nitrogens is 1. The van der Waals surface area contributed by atoms with E-state index in [0.717, 1.165) is 13.1 Å². The first kappa shape index (κ1) is 14.0. The van der Waals surface area contributed by atoms with Crippen molar-refractivity contribution in [2.45, 2.75) is 51.6 Å². The number of nitrogens with zero attached hydrogens (tertiary/aromatic N) is 2. The summed E-state index contributed by atoms with van der Waals surface area (Å²) in [5.74, 6) is 0.666. The fraction of sp³-hybridized carbons (Fsp3) is 0.786. The van der Waals surface area contributed by atoms with Gasteiger partial charge >= 0.3 is 0 Å². The minimum absolute atomic E-state index is 0.415. The Morgan fingerprint density at radius 1 is 1.50 bits per heavy atom. The molecule has 0 spiro atoms. The molecule has 1 aromatic rings. The lowest BCUT2D eigenvalue weighted by atomic mass is 9.83. The Labute approximate surface area is 114 Å². The smallest absolute Gasteiger partial charge is 0.0795 e. The van der Waals surface area contributed by atoms with Crippen molar-refractivity contribution in [3.05, 3.63) is 16.6 Å². The van der Waals surface area contributed by atoms with Gasteiger partial charge in [0.1, 0.15) is 0 Å². The molecule has 1 aliphatic carbocycles.